The van der Waals surface area contributed by atoms with Crippen LogP contribution in [0.3, 0.4) is 0 Å². The molecule has 1 aromatic heterocycles. The van der Waals surface area contributed by atoms with Gasteiger partial charge in [0.05, 0.1) is 11.1 Å². The van der Waals surface area contributed by atoms with E-state index < -0.39 is 0 Å². The van der Waals surface area contributed by atoms with E-state index in [-0.39, 0.29) is 0 Å². The van der Waals surface area contributed by atoms with E-state index in [9.17, 15) is 5.26 Å². The Balaban J connectivity index is 2.11. The zero-order valence-electron chi connectivity index (χ0n) is 11.9. The molecule has 3 aromatic rings. The van der Waals surface area contributed by atoms with Gasteiger partial charge in [-0.05, 0) is 43.2 Å². The predicted molar refractivity (Wildman–Crippen MR) is 86.5 cm³/mol. The molecule has 0 bridgehead atoms. The quantitative estimate of drug-likeness (QED) is 0.675. The van der Waals surface area contributed by atoms with Gasteiger partial charge in [-0.15, -0.1) is 0 Å². The van der Waals surface area contributed by atoms with E-state index in [4.69, 9.17) is 0 Å². The van der Waals surface area contributed by atoms with Crippen LogP contribution in [0, 0.1) is 25.2 Å². The SMILES string of the molecule is Cc1ccc(C)c(Sc2nc3ccccc3cc2C#N)c1. The van der Waals surface area contributed by atoms with Crippen LogP contribution in [0.5, 0.6) is 0 Å². The molecule has 0 unspecified atom stereocenters. The molecule has 0 N–H and O–H groups in total. The van der Waals surface area contributed by atoms with Gasteiger partial charge in [0.1, 0.15) is 11.1 Å². The Bertz CT molecular complexity index is 863. The summed E-state index contributed by atoms with van der Waals surface area (Å²) in [6.07, 6.45) is 0. The van der Waals surface area contributed by atoms with Crippen LogP contribution in [-0.2, 0) is 0 Å². The number of aromatic nitrogens is 1. The van der Waals surface area contributed by atoms with Crippen molar-refractivity contribution in [2.24, 2.45) is 0 Å². The average molecular weight is 290 g/mol. The molecule has 0 aliphatic carbocycles. The highest BCUT2D eigenvalue weighted by molar-refractivity contribution is 7.99. The summed E-state index contributed by atoms with van der Waals surface area (Å²) in [5, 5.41) is 11.1. The summed E-state index contributed by atoms with van der Waals surface area (Å²) in [6, 6.07) is 18.4. The Morgan fingerprint density at radius 1 is 1.05 bits per heavy atom. The number of nitriles is 1. The Morgan fingerprint density at radius 2 is 1.86 bits per heavy atom. The fraction of sp³-hybridized carbons (Fsp3) is 0.111. The van der Waals surface area contributed by atoms with Gasteiger partial charge in [-0.25, -0.2) is 4.98 Å². The van der Waals surface area contributed by atoms with Gasteiger partial charge in [0.2, 0.25) is 0 Å². The molecular formula is C18H14N2S. The Hall–Kier alpha value is -2.31. The first-order chi connectivity index (χ1) is 10.2. The van der Waals surface area contributed by atoms with Crippen molar-refractivity contribution in [3.63, 3.8) is 0 Å². The normalized spacial score (nSPS) is 10.5. The van der Waals surface area contributed by atoms with Gasteiger partial charge in [-0.1, -0.05) is 42.1 Å². The molecule has 102 valence electrons. The van der Waals surface area contributed by atoms with Crippen LogP contribution in [0.4, 0.5) is 0 Å². The van der Waals surface area contributed by atoms with Crippen molar-refractivity contribution in [3.05, 3.63) is 65.2 Å². The topological polar surface area (TPSA) is 36.7 Å². The molecule has 0 radical (unpaired) electrons. The molecule has 0 atom stereocenters. The van der Waals surface area contributed by atoms with E-state index in [0.29, 0.717) is 5.56 Å². The summed E-state index contributed by atoms with van der Waals surface area (Å²) in [4.78, 5) is 5.80. The first kappa shape index (κ1) is 13.7. The summed E-state index contributed by atoms with van der Waals surface area (Å²) in [6.45, 7) is 4.15. The lowest BCUT2D eigenvalue weighted by Crippen LogP contribution is -1.90. The number of hydrogen-bond donors (Lipinski definition) is 0. The maximum absolute atomic E-state index is 9.38. The zero-order valence-corrected chi connectivity index (χ0v) is 12.7. The summed E-state index contributed by atoms with van der Waals surface area (Å²) in [5.41, 5.74) is 3.95. The molecule has 0 aliphatic heterocycles. The number of rotatable bonds is 2. The van der Waals surface area contributed by atoms with Gasteiger partial charge in [0.15, 0.2) is 0 Å². The molecule has 0 saturated heterocycles. The fourth-order valence-corrected chi connectivity index (χ4v) is 3.22. The minimum absolute atomic E-state index is 0.625. The maximum Gasteiger partial charge on any atom is 0.119 e. The van der Waals surface area contributed by atoms with Crippen molar-refractivity contribution in [1.82, 2.24) is 4.98 Å². The van der Waals surface area contributed by atoms with Gasteiger partial charge < -0.3 is 0 Å². The maximum atomic E-state index is 9.38. The van der Waals surface area contributed by atoms with Crippen LogP contribution in [0.25, 0.3) is 10.9 Å². The number of aryl methyl sites for hydroxylation is 2. The average Bonchev–Trinajstić information content (AvgIpc) is 2.50. The fourth-order valence-electron chi connectivity index (χ4n) is 2.18. The number of pyridine rings is 1. The van der Waals surface area contributed by atoms with E-state index >= 15 is 0 Å². The van der Waals surface area contributed by atoms with Gasteiger partial charge in [-0.2, -0.15) is 5.26 Å². The summed E-state index contributed by atoms with van der Waals surface area (Å²) in [7, 11) is 0. The smallest absolute Gasteiger partial charge is 0.119 e. The lowest BCUT2D eigenvalue weighted by molar-refractivity contribution is 1.15. The largest absolute Gasteiger partial charge is 0.240 e. The summed E-state index contributed by atoms with van der Waals surface area (Å²) >= 11 is 1.56. The third kappa shape index (κ3) is 2.76. The Kier molecular flexibility index (Phi) is 3.64. The molecule has 1 heterocycles. The van der Waals surface area contributed by atoms with Crippen LogP contribution >= 0.6 is 11.8 Å². The van der Waals surface area contributed by atoms with Gasteiger partial charge in [-0.3, -0.25) is 0 Å². The third-order valence-corrected chi connectivity index (χ3v) is 4.52. The molecular weight excluding hydrogens is 276 g/mol. The van der Waals surface area contributed by atoms with Crippen molar-refractivity contribution < 1.29 is 0 Å². The Labute approximate surface area is 128 Å². The number of hydrogen-bond acceptors (Lipinski definition) is 3. The molecule has 2 aromatic carbocycles. The van der Waals surface area contributed by atoms with Crippen LogP contribution < -0.4 is 0 Å². The standard InChI is InChI=1S/C18H14N2S/c1-12-7-8-13(2)17(9-12)21-18-15(11-19)10-14-5-3-4-6-16(14)20-18/h3-10H,1-2H3. The van der Waals surface area contributed by atoms with Crippen LogP contribution in [-0.4, -0.2) is 4.98 Å². The first-order valence-corrected chi connectivity index (χ1v) is 7.54. The second-order valence-electron chi connectivity index (χ2n) is 5.02. The van der Waals surface area contributed by atoms with Gasteiger partial charge in [0, 0.05) is 10.3 Å². The molecule has 21 heavy (non-hydrogen) atoms. The lowest BCUT2D eigenvalue weighted by atomic mass is 10.2. The van der Waals surface area contributed by atoms with Gasteiger partial charge >= 0.3 is 0 Å². The number of benzene rings is 2. The summed E-state index contributed by atoms with van der Waals surface area (Å²) in [5.74, 6) is 0. The zero-order chi connectivity index (χ0) is 14.8. The highest BCUT2D eigenvalue weighted by Crippen LogP contribution is 2.33. The number of fused-ring (bicyclic) bond motifs is 1. The highest BCUT2D eigenvalue weighted by atomic mass is 32.2. The van der Waals surface area contributed by atoms with Crippen molar-refractivity contribution in [2.75, 3.05) is 0 Å². The van der Waals surface area contributed by atoms with E-state index in [1.807, 2.05) is 30.3 Å². The molecule has 0 spiro atoms. The molecule has 0 amide bonds. The number of nitrogens with zero attached hydrogens (tertiary/aromatic N) is 2. The molecule has 0 aliphatic rings. The predicted octanol–water partition coefficient (Wildman–Crippen LogP) is 4.87. The van der Waals surface area contributed by atoms with E-state index in [1.54, 1.807) is 11.8 Å². The second-order valence-corrected chi connectivity index (χ2v) is 6.05. The van der Waals surface area contributed by atoms with Crippen LogP contribution in [0.2, 0.25) is 0 Å². The monoisotopic (exact) mass is 290 g/mol. The van der Waals surface area contributed by atoms with E-state index in [0.717, 1.165) is 20.8 Å². The first-order valence-electron chi connectivity index (χ1n) is 6.72. The molecule has 0 fully saturated rings. The lowest BCUT2D eigenvalue weighted by Gasteiger charge is -2.08. The molecule has 2 nitrogen and oxygen atoms in total. The van der Waals surface area contributed by atoms with Crippen molar-refractivity contribution in [2.45, 2.75) is 23.8 Å². The Morgan fingerprint density at radius 3 is 2.67 bits per heavy atom. The van der Waals surface area contributed by atoms with Gasteiger partial charge in [0.25, 0.3) is 0 Å². The highest BCUT2D eigenvalue weighted by Gasteiger charge is 2.10. The van der Waals surface area contributed by atoms with Crippen molar-refractivity contribution in [1.29, 1.82) is 5.26 Å². The van der Waals surface area contributed by atoms with E-state index in [2.05, 4.69) is 43.1 Å². The summed E-state index contributed by atoms with van der Waals surface area (Å²) < 4.78 is 0. The van der Waals surface area contributed by atoms with Crippen molar-refractivity contribution >= 4 is 22.7 Å². The molecule has 0 saturated carbocycles. The minimum atomic E-state index is 0.625. The minimum Gasteiger partial charge on any atom is -0.240 e. The van der Waals surface area contributed by atoms with E-state index in [1.165, 1.54) is 11.1 Å². The molecule has 3 rings (SSSR count). The number of para-hydroxylation sites is 1. The van der Waals surface area contributed by atoms with Crippen LogP contribution in [0.15, 0.2) is 58.5 Å². The third-order valence-electron chi connectivity index (χ3n) is 3.36. The van der Waals surface area contributed by atoms with Crippen molar-refractivity contribution in [3.8, 4) is 6.07 Å². The second kappa shape index (κ2) is 5.59. The van der Waals surface area contributed by atoms with Crippen LogP contribution in [0.1, 0.15) is 16.7 Å². The molecule has 3 heteroatoms.